The highest BCUT2D eigenvalue weighted by Gasteiger charge is 2.47. The molecule has 0 amide bonds. The van der Waals surface area contributed by atoms with Crippen molar-refractivity contribution in [2.24, 2.45) is 11.8 Å². The van der Waals surface area contributed by atoms with Crippen LogP contribution >= 0.6 is 7.75 Å². The van der Waals surface area contributed by atoms with E-state index < -0.39 is 43.7 Å². The highest BCUT2D eigenvalue weighted by molar-refractivity contribution is 7.52. The molecule has 0 radical (unpaired) electrons. The number of hydrogen-bond donors (Lipinski definition) is 3. The molecule has 2 unspecified atom stereocenters. The van der Waals surface area contributed by atoms with Crippen LogP contribution in [0.25, 0.3) is 11.2 Å². The number of hydrogen-bond acceptors (Lipinski definition) is 10. The first kappa shape index (κ1) is 27.6. The Balaban J connectivity index is 1.52. The number of ether oxygens (including phenoxy) is 1. The molecule has 4 rings (SSSR count). The van der Waals surface area contributed by atoms with E-state index in [0.29, 0.717) is 5.57 Å². The van der Waals surface area contributed by atoms with Crippen LogP contribution in [0.15, 0.2) is 48.8 Å². The number of aromatic nitrogens is 4. The lowest BCUT2D eigenvalue weighted by atomic mass is 9.66. The van der Waals surface area contributed by atoms with Crippen molar-refractivity contribution in [2.75, 3.05) is 18.9 Å². The van der Waals surface area contributed by atoms with Gasteiger partial charge in [0, 0.05) is 18.4 Å². The van der Waals surface area contributed by atoms with E-state index in [0.717, 1.165) is 0 Å². The summed E-state index contributed by atoms with van der Waals surface area (Å²) in [6, 6.07) is 6.87. The molecule has 1 aliphatic carbocycles. The van der Waals surface area contributed by atoms with E-state index in [1.54, 1.807) is 48.7 Å². The fourth-order valence-corrected chi connectivity index (χ4v) is 5.86. The van der Waals surface area contributed by atoms with Crippen molar-refractivity contribution in [3.8, 4) is 5.75 Å². The average molecular weight is 549 g/mol. The zero-order valence-corrected chi connectivity index (χ0v) is 22.0. The van der Waals surface area contributed by atoms with Gasteiger partial charge < -0.3 is 24.7 Å². The Morgan fingerprint density at radius 3 is 2.66 bits per heavy atom. The van der Waals surface area contributed by atoms with E-state index in [1.165, 1.54) is 13.3 Å². The van der Waals surface area contributed by atoms with Crippen LogP contribution in [-0.4, -0.2) is 56.0 Å². The van der Waals surface area contributed by atoms with Crippen LogP contribution in [0.3, 0.4) is 0 Å². The molecule has 2 heterocycles. The fraction of sp³-hybridized carbons (Fsp3) is 0.417. The van der Waals surface area contributed by atoms with Crippen molar-refractivity contribution in [1.82, 2.24) is 24.6 Å². The van der Waals surface area contributed by atoms with Gasteiger partial charge in [0.1, 0.15) is 17.3 Å². The molecule has 1 fully saturated rings. The van der Waals surface area contributed by atoms with Gasteiger partial charge in [-0.3, -0.25) is 9.32 Å². The second-order valence-electron chi connectivity index (χ2n) is 9.21. The molecular formula is C24H30FN6O6P. The van der Waals surface area contributed by atoms with Crippen molar-refractivity contribution >= 4 is 30.7 Å². The second-order valence-corrected chi connectivity index (χ2v) is 10.9. The van der Waals surface area contributed by atoms with Crippen LogP contribution in [0.1, 0.15) is 26.8 Å². The van der Waals surface area contributed by atoms with E-state index in [1.807, 2.05) is 0 Å². The minimum atomic E-state index is -4.10. The third-order valence-corrected chi connectivity index (χ3v) is 7.80. The van der Waals surface area contributed by atoms with Crippen molar-refractivity contribution in [2.45, 2.75) is 39.0 Å². The summed E-state index contributed by atoms with van der Waals surface area (Å²) in [5.74, 6) is -1.36. The highest BCUT2D eigenvalue weighted by Crippen LogP contribution is 2.52. The lowest BCUT2D eigenvalue weighted by Crippen LogP contribution is -2.45. The quantitative estimate of drug-likeness (QED) is 0.140. The predicted molar refractivity (Wildman–Crippen MR) is 136 cm³/mol. The number of halogens is 1. The third kappa shape index (κ3) is 5.70. The van der Waals surface area contributed by atoms with Crippen LogP contribution < -0.4 is 15.3 Å². The molecule has 2 aromatic heterocycles. The third-order valence-electron chi connectivity index (χ3n) is 6.16. The minimum Gasteiger partial charge on any atom is -0.462 e. The van der Waals surface area contributed by atoms with Gasteiger partial charge in [-0.15, -0.1) is 0 Å². The van der Waals surface area contributed by atoms with Crippen molar-refractivity contribution in [1.29, 1.82) is 0 Å². The number of nitrogens with one attached hydrogen (secondary N) is 1. The topological polar surface area (TPSA) is 164 Å². The molecule has 4 N–H and O–H groups in total. The largest absolute Gasteiger partial charge is 0.462 e. The maximum absolute atomic E-state index is 13.8. The van der Waals surface area contributed by atoms with Gasteiger partial charge in [0.25, 0.3) is 0 Å². The SMILES string of the molecule is C=C1[C@@H](n2cnc3c(N)nc(F)nc32)[C@H](CO)[C@H]1COP(=O)(NC(C)C(=O)OC(C)C)Oc1ccccc1. The first-order chi connectivity index (χ1) is 18.0. The molecule has 5 atom stereocenters. The first-order valence-corrected chi connectivity index (χ1v) is 13.5. The van der Waals surface area contributed by atoms with Gasteiger partial charge in [-0.1, -0.05) is 24.8 Å². The number of nitrogens with two attached hydrogens (primary N) is 1. The summed E-state index contributed by atoms with van der Waals surface area (Å²) >= 11 is 0. The predicted octanol–water partition coefficient (Wildman–Crippen LogP) is 3.02. The number of nitrogen functional groups attached to an aromatic ring is 1. The number of aliphatic hydroxyl groups is 1. The van der Waals surface area contributed by atoms with Gasteiger partial charge in [-0.25, -0.2) is 9.55 Å². The van der Waals surface area contributed by atoms with Gasteiger partial charge in [0.2, 0.25) is 0 Å². The van der Waals surface area contributed by atoms with Crippen LogP contribution in [0, 0.1) is 17.9 Å². The van der Waals surface area contributed by atoms with Crippen molar-refractivity contribution < 1.29 is 32.6 Å². The molecule has 1 aliphatic rings. The standard InChI is InChI=1S/C24H30FN6O6P/c1-13(2)36-23(33)15(4)30-38(34,37-16-8-6-5-7-9-16)35-11-18-14(3)20(17(18)10-32)31-12-27-19-21(26)28-24(25)29-22(19)31/h5-9,12-13,15,17-18,20,32H,3,10-11H2,1-2,4H3,(H,30,34)(H2,26,28,29)/t15?,17-,18+,20-,38?/m1/s1. The van der Waals surface area contributed by atoms with E-state index in [4.69, 9.17) is 19.5 Å². The average Bonchev–Trinajstić information content (AvgIpc) is 3.25. The Kier molecular flexibility index (Phi) is 8.12. The van der Waals surface area contributed by atoms with Crippen molar-refractivity contribution in [3.05, 3.63) is 54.9 Å². The number of imidazole rings is 1. The number of para-hydroxylation sites is 1. The number of benzene rings is 1. The number of anilines is 1. The number of carbonyl (C=O) groups excluding carboxylic acids is 1. The first-order valence-electron chi connectivity index (χ1n) is 12.0. The molecular weight excluding hydrogens is 518 g/mol. The Labute approximate surface area is 218 Å². The molecule has 204 valence electrons. The van der Waals surface area contributed by atoms with E-state index in [9.17, 15) is 18.9 Å². The molecule has 0 saturated heterocycles. The number of nitrogens with zero attached hydrogens (tertiary/aromatic N) is 4. The van der Waals surface area contributed by atoms with Crippen LogP contribution in [-0.2, 0) is 18.6 Å². The molecule has 12 nitrogen and oxygen atoms in total. The lowest BCUT2D eigenvalue weighted by Gasteiger charge is -2.46. The summed E-state index contributed by atoms with van der Waals surface area (Å²) < 4.78 is 45.8. The highest BCUT2D eigenvalue weighted by atomic mass is 31.2. The lowest BCUT2D eigenvalue weighted by molar-refractivity contribution is -0.149. The Hall–Kier alpha value is -3.38. The smallest absolute Gasteiger partial charge is 0.459 e. The molecule has 3 aromatic rings. The normalized spacial score (nSPS) is 21.6. The number of rotatable bonds is 11. The van der Waals surface area contributed by atoms with E-state index in [-0.39, 0.29) is 42.0 Å². The Morgan fingerprint density at radius 1 is 1.29 bits per heavy atom. The summed E-state index contributed by atoms with van der Waals surface area (Å²) in [5.41, 5.74) is 6.76. The maximum atomic E-state index is 13.8. The van der Waals surface area contributed by atoms with Gasteiger partial charge in [-0.2, -0.15) is 19.4 Å². The zero-order chi connectivity index (χ0) is 27.6. The summed E-state index contributed by atoms with van der Waals surface area (Å²) in [6.07, 6.45) is 0.0610. The molecule has 1 saturated carbocycles. The second kappa shape index (κ2) is 11.2. The number of carbonyl (C=O) groups is 1. The van der Waals surface area contributed by atoms with Crippen LogP contribution in [0.2, 0.25) is 0 Å². The molecule has 0 bridgehead atoms. The summed E-state index contributed by atoms with van der Waals surface area (Å²) in [7, 11) is -4.10. The molecule has 38 heavy (non-hydrogen) atoms. The summed E-state index contributed by atoms with van der Waals surface area (Å²) in [4.78, 5) is 23.8. The fourth-order valence-electron chi connectivity index (χ4n) is 4.34. The molecule has 1 aromatic carbocycles. The van der Waals surface area contributed by atoms with E-state index >= 15 is 0 Å². The van der Waals surface area contributed by atoms with Gasteiger partial charge in [0.15, 0.2) is 11.5 Å². The zero-order valence-electron chi connectivity index (χ0n) is 21.2. The number of aliphatic hydroxyl groups excluding tert-OH is 1. The van der Waals surface area contributed by atoms with Crippen molar-refractivity contribution in [3.63, 3.8) is 0 Å². The van der Waals surface area contributed by atoms with Gasteiger partial charge in [-0.05, 0) is 38.5 Å². The van der Waals surface area contributed by atoms with Crippen LogP contribution in [0.4, 0.5) is 10.2 Å². The van der Waals surface area contributed by atoms with Crippen LogP contribution in [0.5, 0.6) is 5.75 Å². The number of fused-ring (bicyclic) bond motifs is 1. The van der Waals surface area contributed by atoms with Gasteiger partial charge in [0.05, 0.1) is 25.1 Å². The maximum Gasteiger partial charge on any atom is 0.459 e. The Morgan fingerprint density at radius 2 is 2.00 bits per heavy atom. The van der Waals surface area contributed by atoms with E-state index in [2.05, 4.69) is 26.6 Å². The minimum absolute atomic E-state index is 0.105. The Bertz CT molecular complexity index is 1370. The number of esters is 1. The monoisotopic (exact) mass is 548 g/mol. The summed E-state index contributed by atoms with van der Waals surface area (Å²) in [6.45, 7) is 8.56. The molecule has 14 heteroatoms. The molecule has 0 spiro atoms. The van der Waals surface area contributed by atoms with Gasteiger partial charge >= 0.3 is 19.8 Å². The molecule has 0 aliphatic heterocycles. The summed E-state index contributed by atoms with van der Waals surface area (Å²) in [5, 5.41) is 12.8.